The predicted molar refractivity (Wildman–Crippen MR) is 112 cm³/mol. The molecule has 0 saturated heterocycles. The molecule has 1 fully saturated rings. The van der Waals surface area contributed by atoms with Crippen molar-refractivity contribution in [3.63, 3.8) is 0 Å². The molecule has 0 radical (unpaired) electrons. The quantitative estimate of drug-likeness (QED) is 0.507. The van der Waals surface area contributed by atoms with E-state index in [1.807, 2.05) is 0 Å². The van der Waals surface area contributed by atoms with E-state index in [1.165, 1.54) is 24.5 Å². The number of alkyl halides is 3. The average Bonchev–Trinajstić information content (AvgIpc) is 2.76. The van der Waals surface area contributed by atoms with Crippen molar-refractivity contribution in [3.8, 4) is 11.3 Å². The molecule has 1 aliphatic carbocycles. The summed E-state index contributed by atoms with van der Waals surface area (Å²) in [6.45, 7) is 0. The highest BCUT2D eigenvalue weighted by Crippen LogP contribution is 2.35. The fraction of sp³-hybridized carbons (Fsp3) is 0.238. The van der Waals surface area contributed by atoms with Gasteiger partial charge in [-0.3, -0.25) is 14.9 Å². The standard InChI is InChI=1S/C21H18F4N6O2/c22-13-6-14(10-28-9-13)29-20(33)31(17-3-4-18(17)32)19-15(26)1-2-16(30-19)11-5-12(8-27-7-11)21(23,24)25/h1-2,5-10,17-18,32H,3-4,26H2,(H,29,33)/t17?,18-/m1/s1. The fourth-order valence-electron chi connectivity index (χ4n) is 3.38. The lowest BCUT2D eigenvalue weighted by Gasteiger charge is -2.41. The lowest BCUT2D eigenvalue weighted by atomic mass is 9.87. The first-order valence-corrected chi connectivity index (χ1v) is 9.81. The van der Waals surface area contributed by atoms with Crippen LogP contribution in [0.15, 0.2) is 49.1 Å². The van der Waals surface area contributed by atoms with Gasteiger partial charge in [-0.05, 0) is 31.0 Å². The van der Waals surface area contributed by atoms with Crippen LogP contribution in [0.2, 0.25) is 0 Å². The van der Waals surface area contributed by atoms with Gasteiger partial charge in [0.25, 0.3) is 0 Å². The molecule has 3 heterocycles. The van der Waals surface area contributed by atoms with Crippen LogP contribution in [0.3, 0.4) is 0 Å². The molecule has 3 aromatic rings. The van der Waals surface area contributed by atoms with Crippen LogP contribution >= 0.6 is 0 Å². The first-order chi connectivity index (χ1) is 15.6. The first kappa shape index (κ1) is 22.4. The van der Waals surface area contributed by atoms with Gasteiger partial charge >= 0.3 is 12.2 Å². The summed E-state index contributed by atoms with van der Waals surface area (Å²) in [5, 5.41) is 12.7. The summed E-state index contributed by atoms with van der Waals surface area (Å²) in [6, 6.07) is 3.30. The highest BCUT2D eigenvalue weighted by Gasteiger charge is 2.39. The number of rotatable bonds is 4. The van der Waals surface area contributed by atoms with E-state index < -0.39 is 35.7 Å². The van der Waals surface area contributed by atoms with Crippen molar-refractivity contribution in [2.24, 2.45) is 0 Å². The number of urea groups is 1. The van der Waals surface area contributed by atoms with Crippen molar-refractivity contribution in [1.29, 1.82) is 0 Å². The van der Waals surface area contributed by atoms with E-state index >= 15 is 0 Å². The monoisotopic (exact) mass is 462 g/mol. The molecule has 1 aliphatic rings. The number of aromatic nitrogens is 3. The molecule has 8 nitrogen and oxygen atoms in total. The summed E-state index contributed by atoms with van der Waals surface area (Å²) in [5.41, 5.74) is 5.38. The summed E-state index contributed by atoms with van der Waals surface area (Å²) in [5.74, 6) is -0.727. The van der Waals surface area contributed by atoms with Gasteiger partial charge in [-0.15, -0.1) is 0 Å². The maximum atomic E-state index is 13.5. The van der Waals surface area contributed by atoms with E-state index in [1.54, 1.807) is 0 Å². The summed E-state index contributed by atoms with van der Waals surface area (Å²) < 4.78 is 52.8. The molecule has 0 bridgehead atoms. The Balaban J connectivity index is 1.73. The van der Waals surface area contributed by atoms with E-state index in [4.69, 9.17) is 5.73 Å². The number of nitrogens with one attached hydrogen (secondary N) is 1. The van der Waals surface area contributed by atoms with Crippen LogP contribution in [0.4, 0.5) is 39.5 Å². The summed E-state index contributed by atoms with van der Waals surface area (Å²) in [6.07, 6.45) is -0.480. The van der Waals surface area contributed by atoms with Gasteiger partial charge in [-0.2, -0.15) is 13.2 Å². The first-order valence-electron chi connectivity index (χ1n) is 9.81. The molecule has 0 aromatic carbocycles. The Morgan fingerprint density at radius 1 is 1.12 bits per heavy atom. The van der Waals surface area contributed by atoms with Crippen molar-refractivity contribution >= 4 is 23.2 Å². The van der Waals surface area contributed by atoms with E-state index in [2.05, 4.69) is 20.3 Å². The molecule has 1 saturated carbocycles. The molecule has 172 valence electrons. The highest BCUT2D eigenvalue weighted by molar-refractivity contribution is 6.03. The second-order valence-corrected chi connectivity index (χ2v) is 7.47. The number of anilines is 3. The van der Waals surface area contributed by atoms with Crippen LogP contribution in [-0.2, 0) is 6.18 Å². The van der Waals surface area contributed by atoms with Gasteiger partial charge in [0.05, 0.1) is 47.2 Å². The molecular formula is C21H18F4N6O2. The summed E-state index contributed by atoms with van der Waals surface area (Å²) >= 11 is 0. The zero-order valence-electron chi connectivity index (χ0n) is 16.9. The van der Waals surface area contributed by atoms with Crippen molar-refractivity contribution in [1.82, 2.24) is 15.0 Å². The van der Waals surface area contributed by atoms with Crippen LogP contribution in [0, 0.1) is 5.82 Å². The number of hydrogen-bond donors (Lipinski definition) is 3. The number of carbonyl (C=O) groups excluding carboxylic acids is 1. The topological polar surface area (TPSA) is 117 Å². The Bertz CT molecular complexity index is 1190. The lowest BCUT2D eigenvalue weighted by Crippen LogP contribution is -2.55. The second kappa shape index (κ2) is 8.62. The van der Waals surface area contributed by atoms with Crippen molar-refractivity contribution in [3.05, 3.63) is 60.4 Å². The molecule has 3 aromatic heterocycles. The second-order valence-electron chi connectivity index (χ2n) is 7.47. The van der Waals surface area contributed by atoms with Crippen molar-refractivity contribution in [2.45, 2.75) is 31.2 Å². The Labute approximate surface area is 185 Å². The maximum absolute atomic E-state index is 13.5. The van der Waals surface area contributed by atoms with Gasteiger partial charge < -0.3 is 16.2 Å². The molecule has 4 N–H and O–H groups in total. The fourth-order valence-corrected chi connectivity index (χ4v) is 3.38. The normalized spacial score (nSPS) is 17.8. The number of nitrogens with two attached hydrogens (primary N) is 1. The number of amides is 2. The largest absolute Gasteiger partial charge is 0.417 e. The maximum Gasteiger partial charge on any atom is 0.417 e. The summed E-state index contributed by atoms with van der Waals surface area (Å²) in [7, 11) is 0. The lowest BCUT2D eigenvalue weighted by molar-refractivity contribution is -0.137. The minimum Gasteiger partial charge on any atom is -0.396 e. The van der Waals surface area contributed by atoms with E-state index in [0.717, 1.165) is 23.2 Å². The van der Waals surface area contributed by atoms with Gasteiger partial charge in [0, 0.05) is 24.0 Å². The van der Waals surface area contributed by atoms with E-state index in [0.29, 0.717) is 19.0 Å². The Morgan fingerprint density at radius 3 is 2.52 bits per heavy atom. The van der Waals surface area contributed by atoms with Crippen LogP contribution in [0.5, 0.6) is 0 Å². The number of aliphatic hydroxyl groups is 1. The third-order valence-electron chi connectivity index (χ3n) is 5.20. The predicted octanol–water partition coefficient (Wildman–Crippen LogP) is 3.84. The summed E-state index contributed by atoms with van der Waals surface area (Å²) in [4.78, 5) is 25.8. The SMILES string of the molecule is Nc1ccc(-c2cncc(C(F)(F)F)c2)nc1N(C(=O)Nc1cncc(F)c1)C1CC[C@H]1O. The Morgan fingerprint density at radius 2 is 1.88 bits per heavy atom. The number of aliphatic hydroxyl groups excluding tert-OH is 1. The molecule has 2 atom stereocenters. The van der Waals surface area contributed by atoms with Crippen LogP contribution in [-0.4, -0.2) is 38.2 Å². The number of halogens is 4. The number of carbonyl (C=O) groups is 1. The molecular weight excluding hydrogens is 444 g/mol. The third-order valence-corrected chi connectivity index (χ3v) is 5.20. The molecule has 4 rings (SSSR count). The molecule has 0 aliphatic heterocycles. The Hall–Kier alpha value is -3.80. The van der Waals surface area contributed by atoms with Crippen LogP contribution < -0.4 is 16.0 Å². The number of pyridine rings is 3. The van der Waals surface area contributed by atoms with Gasteiger partial charge in [-0.1, -0.05) is 0 Å². The average molecular weight is 462 g/mol. The number of nitrogens with zero attached hydrogens (tertiary/aromatic N) is 4. The van der Waals surface area contributed by atoms with E-state index in [9.17, 15) is 27.5 Å². The van der Waals surface area contributed by atoms with Gasteiger partial charge in [0.15, 0.2) is 5.82 Å². The van der Waals surface area contributed by atoms with Gasteiger partial charge in [-0.25, -0.2) is 14.2 Å². The highest BCUT2D eigenvalue weighted by atomic mass is 19.4. The molecule has 1 unspecified atom stereocenters. The van der Waals surface area contributed by atoms with Crippen LogP contribution in [0.1, 0.15) is 18.4 Å². The number of hydrogen-bond acceptors (Lipinski definition) is 6. The molecule has 2 amide bonds. The molecule has 12 heteroatoms. The zero-order valence-corrected chi connectivity index (χ0v) is 16.9. The van der Waals surface area contributed by atoms with Gasteiger partial charge in [0.2, 0.25) is 0 Å². The number of nitrogen functional groups attached to an aromatic ring is 1. The minimum absolute atomic E-state index is 0.0597. The van der Waals surface area contributed by atoms with Crippen molar-refractivity contribution < 1.29 is 27.5 Å². The van der Waals surface area contributed by atoms with Gasteiger partial charge in [0.1, 0.15) is 5.82 Å². The zero-order chi connectivity index (χ0) is 23.8. The minimum atomic E-state index is -4.60. The Kier molecular flexibility index (Phi) is 5.85. The molecule has 0 spiro atoms. The molecule has 33 heavy (non-hydrogen) atoms. The van der Waals surface area contributed by atoms with Crippen LogP contribution in [0.25, 0.3) is 11.3 Å². The third kappa shape index (κ3) is 4.70. The smallest absolute Gasteiger partial charge is 0.396 e. The van der Waals surface area contributed by atoms with E-state index in [-0.39, 0.29) is 28.5 Å². The van der Waals surface area contributed by atoms with Crippen molar-refractivity contribution in [2.75, 3.05) is 16.0 Å².